The predicted octanol–water partition coefficient (Wildman–Crippen LogP) is 3.99. The van der Waals surface area contributed by atoms with Crippen LogP contribution in [0.4, 0.5) is 4.79 Å². The van der Waals surface area contributed by atoms with E-state index in [-0.39, 0.29) is 29.3 Å². The molecule has 9 unspecified atom stereocenters. The SMILES string of the molecule is CC(=O)OC1CC2(O)C3CCC4CC([C@@H]5CN(C(=O)O)CCN5)CCC4(C)C3CCC2(C)C1c1ccc(=O)oc1. The molecule has 0 aromatic carbocycles. The lowest BCUT2D eigenvalue weighted by Gasteiger charge is -2.64. The van der Waals surface area contributed by atoms with Crippen molar-refractivity contribution in [2.24, 2.45) is 34.5 Å². The van der Waals surface area contributed by atoms with Crippen molar-refractivity contribution in [2.75, 3.05) is 19.6 Å². The second-order valence-corrected chi connectivity index (χ2v) is 13.9. The van der Waals surface area contributed by atoms with E-state index in [1.165, 1.54) is 19.3 Å². The Morgan fingerprint density at radius 3 is 2.62 bits per heavy atom. The number of aliphatic hydroxyl groups is 1. The van der Waals surface area contributed by atoms with Gasteiger partial charge in [0.2, 0.25) is 0 Å². The molecule has 1 aliphatic heterocycles. The zero-order valence-corrected chi connectivity index (χ0v) is 23.9. The van der Waals surface area contributed by atoms with E-state index < -0.39 is 28.8 Å². The number of nitrogens with zero attached hydrogens (tertiary/aromatic N) is 1. The van der Waals surface area contributed by atoms with Gasteiger partial charge in [-0.25, -0.2) is 9.59 Å². The second kappa shape index (κ2) is 9.86. The number of ether oxygens (including phenoxy) is 1. The maximum absolute atomic E-state index is 12.7. The van der Waals surface area contributed by atoms with Crippen LogP contribution >= 0.6 is 0 Å². The molecule has 1 saturated heterocycles. The highest BCUT2D eigenvalue weighted by Gasteiger charge is 2.70. The highest BCUT2D eigenvalue weighted by molar-refractivity contribution is 5.66. The Hall–Kier alpha value is -2.39. The third-order valence-electron chi connectivity index (χ3n) is 12.3. The molecule has 1 amide bonds. The molecule has 4 saturated carbocycles. The van der Waals surface area contributed by atoms with E-state index in [1.54, 1.807) is 11.0 Å². The second-order valence-electron chi connectivity index (χ2n) is 13.9. The minimum atomic E-state index is -0.991. The fraction of sp³-hybridized carbons (Fsp3) is 0.774. The van der Waals surface area contributed by atoms with Gasteiger partial charge in [-0.2, -0.15) is 0 Å². The van der Waals surface area contributed by atoms with Gasteiger partial charge in [0.05, 0.1) is 11.9 Å². The molecule has 6 rings (SSSR count). The van der Waals surface area contributed by atoms with Gasteiger partial charge in [-0.3, -0.25) is 4.79 Å². The molecule has 220 valence electrons. The van der Waals surface area contributed by atoms with E-state index in [0.717, 1.165) is 50.5 Å². The average molecular weight is 557 g/mol. The number of esters is 1. The van der Waals surface area contributed by atoms with Crippen LogP contribution in [0.15, 0.2) is 27.6 Å². The molecule has 9 heteroatoms. The lowest BCUT2D eigenvalue weighted by Crippen LogP contribution is -2.62. The number of rotatable bonds is 3. The highest BCUT2D eigenvalue weighted by Crippen LogP contribution is 2.71. The monoisotopic (exact) mass is 556 g/mol. The van der Waals surface area contributed by atoms with Crippen LogP contribution in [0.5, 0.6) is 0 Å². The van der Waals surface area contributed by atoms with Crippen molar-refractivity contribution in [1.29, 1.82) is 0 Å². The molecule has 3 N–H and O–H groups in total. The van der Waals surface area contributed by atoms with Gasteiger partial charge in [0.15, 0.2) is 0 Å². The van der Waals surface area contributed by atoms with Gasteiger partial charge < -0.3 is 29.6 Å². The van der Waals surface area contributed by atoms with Crippen molar-refractivity contribution in [3.63, 3.8) is 0 Å². The fourth-order valence-corrected chi connectivity index (χ4v) is 10.4. The van der Waals surface area contributed by atoms with Gasteiger partial charge >= 0.3 is 17.7 Å². The molecule has 0 spiro atoms. The van der Waals surface area contributed by atoms with Crippen LogP contribution in [-0.2, 0) is 9.53 Å². The summed E-state index contributed by atoms with van der Waals surface area (Å²) in [7, 11) is 0. The topological polar surface area (TPSA) is 129 Å². The molecular weight excluding hydrogens is 512 g/mol. The smallest absolute Gasteiger partial charge is 0.407 e. The van der Waals surface area contributed by atoms with E-state index in [0.29, 0.717) is 43.8 Å². The minimum absolute atomic E-state index is 0.109. The minimum Gasteiger partial charge on any atom is -0.465 e. The van der Waals surface area contributed by atoms with Crippen molar-refractivity contribution in [1.82, 2.24) is 10.2 Å². The molecule has 10 atom stereocenters. The molecular formula is C31H44N2O7. The Kier molecular flexibility index (Phi) is 6.85. The Bertz CT molecular complexity index is 1200. The number of carbonyl (C=O) groups excluding carboxylic acids is 1. The number of carboxylic acid groups (broad SMARTS) is 1. The Balaban J connectivity index is 1.26. The standard InChI is InChI=1S/C31H44N2O7/c1-18(34)40-25-15-31(38)23-6-5-21-14-19(24-16-33(28(36)37)13-12-32-24)8-10-29(21,2)22(23)9-11-30(31,3)27(25)20-4-7-26(35)39-17-20/h4,7,17,19,21-25,27,32,38H,5-6,8-16H2,1-3H3,(H,36,37)/t19?,21?,22?,23?,24-,25?,27?,29?,30?,31?/m0/s1. The normalized spacial score (nSPS) is 44.7. The number of hydrogen-bond donors (Lipinski definition) is 3. The summed E-state index contributed by atoms with van der Waals surface area (Å²) >= 11 is 0. The van der Waals surface area contributed by atoms with Crippen LogP contribution in [0.1, 0.15) is 83.6 Å². The van der Waals surface area contributed by atoms with Crippen LogP contribution in [-0.4, -0.2) is 64.6 Å². The van der Waals surface area contributed by atoms with E-state index in [1.807, 2.05) is 0 Å². The number of carbonyl (C=O) groups is 2. The first-order chi connectivity index (χ1) is 19.0. The van der Waals surface area contributed by atoms with Crippen molar-refractivity contribution < 1.29 is 29.0 Å². The summed E-state index contributed by atoms with van der Waals surface area (Å²) in [5, 5.41) is 25.9. The van der Waals surface area contributed by atoms with Gasteiger partial charge in [0.25, 0.3) is 0 Å². The molecule has 1 aromatic rings. The molecule has 9 nitrogen and oxygen atoms in total. The fourth-order valence-electron chi connectivity index (χ4n) is 10.4. The maximum Gasteiger partial charge on any atom is 0.407 e. The van der Waals surface area contributed by atoms with Crippen LogP contribution in [0.3, 0.4) is 0 Å². The van der Waals surface area contributed by atoms with Crippen molar-refractivity contribution in [3.05, 3.63) is 34.4 Å². The third-order valence-corrected chi connectivity index (χ3v) is 12.3. The highest BCUT2D eigenvalue weighted by atomic mass is 16.5. The number of piperazine rings is 1. The number of amides is 1. The third kappa shape index (κ3) is 4.21. The largest absolute Gasteiger partial charge is 0.465 e. The number of fused-ring (bicyclic) bond motifs is 5. The summed E-state index contributed by atoms with van der Waals surface area (Å²) in [6, 6.07) is 3.38. The summed E-state index contributed by atoms with van der Waals surface area (Å²) in [6.45, 7) is 7.83. The number of nitrogens with one attached hydrogen (secondary N) is 1. The molecule has 0 bridgehead atoms. The van der Waals surface area contributed by atoms with Crippen molar-refractivity contribution in [2.45, 2.75) is 95.8 Å². The summed E-state index contributed by atoms with van der Waals surface area (Å²) in [5.74, 6) is 0.894. The van der Waals surface area contributed by atoms with Crippen LogP contribution < -0.4 is 10.9 Å². The summed E-state index contributed by atoms with van der Waals surface area (Å²) < 4.78 is 11.1. The molecule has 4 aliphatic carbocycles. The maximum atomic E-state index is 12.7. The van der Waals surface area contributed by atoms with E-state index in [9.17, 15) is 24.6 Å². The van der Waals surface area contributed by atoms with Crippen LogP contribution in [0.25, 0.3) is 0 Å². The molecule has 1 aromatic heterocycles. The zero-order valence-electron chi connectivity index (χ0n) is 23.9. The Morgan fingerprint density at radius 2 is 1.93 bits per heavy atom. The number of hydrogen-bond acceptors (Lipinski definition) is 7. The van der Waals surface area contributed by atoms with Crippen LogP contribution in [0.2, 0.25) is 0 Å². The molecule has 5 aliphatic rings. The summed E-state index contributed by atoms with van der Waals surface area (Å²) in [4.78, 5) is 37.0. The lowest BCUT2D eigenvalue weighted by molar-refractivity contribution is -0.204. The average Bonchev–Trinajstić information content (AvgIpc) is 3.14. The van der Waals surface area contributed by atoms with Gasteiger partial charge in [0.1, 0.15) is 6.10 Å². The van der Waals surface area contributed by atoms with Gasteiger partial charge in [-0.15, -0.1) is 0 Å². The van der Waals surface area contributed by atoms with E-state index in [2.05, 4.69) is 19.2 Å². The Morgan fingerprint density at radius 1 is 1.12 bits per heavy atom. The molecule has 0 radical (unpaired) electrons. The quantitative estimate of drug-likeness (QED) is 0.477. The van der Waals surface area contributed by atoms with E-state index >= 15 is 0 Å². The van der Waals surface area contributed by atoms with Crippen molar-refractivity contribution >= 4 is 12.1 Å². The lowest BCUT2D eigenvalue weighted by atomic mass is 9.42. The van der Waals surface area contributed by atoms with Gasteiger partial charge in [-0.05, 0) is 85.7 Å². The van der Waals surface area contributed by atoms with E-state index in [4.69, 9.17) is 9.15 Å². The molecule has 5 fully saturated rings. The first kappa shape index (κ1) is 27.8. The first-order valence-electron chi connectivity index (χ1n) is 15.2. The summed E-state index contributed by atoms with van der Waals surface area (Å²) in [6.07, 6.45) is 7.64. The predicted molar refractivity (Wildman–Crippen MR) is 147 cm³/mol. The Labute approximate surface area is 235 Å². The zero-order chi connectivity index (χ0) is 28.4. The summed E-state index contributed by atoms with van der Waals surface area (Å²) in [5.41, 5.74) is -1.00. The molecule has 40 heavy (non-hydrogen) atoms. The van der Waals surface area contributed by atoms with Crippen LogP contribution in [0, 0.1) is 34.5 Å². The first-order valence-corrected chi connectivity index (χ1v) is 15.2. The van der Waals surface area contributed by atoms with Gasteiger partial charge in [-0.1, -0.05) is 13.8 Å². The molecule has 2 heterocycles. The van der Waals surface area contributed by atoms with Gasteiger partial charge in [0, 0.05) is 56.4 Å². The van der Waals surface area contributed by atoms with Crippen molar-refractivity contribution in [3.8, 4) is 0 Å².